The molecular weight excluding hydrogens is 248 g/mol. The molecule has 0 unspecified atom stereocenters. The van der Waals surface area contributed by atoms with Crippen molar-refractivity contribution in [1.29, 1.82) is 0 Å². The van der Waals surface area contributed by atoms with Crippen molar-refractivity contribution in [3.63, 3.8) is 0 Å². The smallest absolute Gasteiger partial charge is 0.186 e. The van der Waals surface area contributed by atoms with Crippen LogP contribution in [0.5, 0.6) is 0 Å². The number of hydrogen-bond donors (Lipinski definition) is 5. The van der Waals surface area contributed by atoms with Gasteiger partial charge in [-0.3, -0.25) is 0 Å². The first-order valence-corrected chi connectivity index (χ1v) is 5.63. The average molecular weight is 265 g/mol. The van der Waals surface area contributed by atoms with Gasteiger partial charge in [-0.15, -0.1) is 0 Å². The molecule has 5 N–H and O–H groups in total. The molecule has 2 saturated heterocycles. The summed E-state index contributed by atoms with van der Waals surface area (Å²) in [6, 6.07) is 0. The van der Waals surface area contributed by atoms with Crippen molar-refractivity contribution in [3.8, 4) is 0 Å². The van der Waals surface area contributed by atoms with E-state index in [1.54, 1.807) is 0 Å². The highest BCUT2D eigenvalue weighted by Crippen LogP contribution is 2.25. The van der Waals surface area contributed by atoms with Crippen molar-refractivity contribution >= 4 is 0 Å². The fourth-order valence-corrected chi connectivity index (χ4v) is 1.93. The van der Waals surface area contributed by atoms with Crippen LogP contribution in [0.15, 0.2) is 0 Å². The van der Waals surface area contributed by atoms with Gasteiger partial charge in [0.1, 0.15) is 43.2 Å². The van der Waals surface area contributed by atoms with Crippen LogP contribution in [0, 0.1) is 6.61 Å². The first-order chi connectivity index (χ1) is 8.54. The molecule has 0 aromatic carbocycles. The summed E-state index contributed by atoms with van der Waals surface area (Å²) in [5, 5.41) is 47.0. The van der Waals surface area contributed by atoms with Crippen LogP contribution in [0.2, 0.25) is 0 Å². The molecule has 2 aliphatic rings. The standard InChI is InChI=1S/C10H17O8/c11-1-6-9(5(13)3-16-6)18-10-8(15)7(14)4(12)2-17-10/h3-15H,1-2H2/t4-,5-,6-,7-,8+,9+,10+/m1/s1. The molecule has 2 fully saturated rings. The summed E-state index contributed by atoms with van der Waals surface area (Å²) in [5.74, 6) is 0. The number of rotatable bonds is 3. The molecular formula is C10H17O8. The van der Waals surface area contributed by atoms with Gasteiger partial charge in [-0.1, -0.05) is 0 Å². The summed E-state index contributed by atoms with van der Waals surface area (Å²) >= 11 is 0. The third-order valence-electron chi connectivity index (χ3n) is 3.02. The van der Waals surface area contributed by atoms with E-state index in [4.69, 9.17) is 19.3 Å². The van der Waals surface area contributed by atoms with E-state index >= 15 is 0 Å². The minimum Gasteiger partial charge on any atom is -0.394 e. The monoisotopic (exact) mass is 265 g/mol. The minimum absolute atomic E-state index is 0.194. The van der Waals surface area contributed by atoms with E-state index in [0.29, 0.717) is 0 Å². The van der Waals surface area contributed by atoms with Crippen LogP contribution in [0.1, 0.15) is 0 Å². The maximum atomic E-state index is 9.66. The Morgan fingerprint density at radius 1 is 1.17 bits per heavy atom. The van der Waals surface area contributed by atoms with Crippen LogP contribution in [0.25, 0.3) is 0 Å². The predicted octanol–water partition coefficient (Wildman–Crippen LogP) is -3.28. The Morgan fingerprint density at radius 2 is 1.89 bits per heavy atom. The van der Waals surface area contributed by atoms with E-state index in [-0.39, 0.29) is 13.2 Å². The van der Waals surface area contributed by atoms with Crippen molar-refractivity contribution in [1.82, 2.24) is 0 Å². The minimum atomic E-state index is -1.44. The van der Waals surface area contributed by atoms with Crippen LogP contribution in [0.3, 0.4) is 0 Å². The van der Waals surface area contributed by atoms with Crippen molar-refractivity contribution in [2.24, 2.45) is 0 Å². The third-order valence-corrected chi connectivity index (χ3v) is 3.02. The molecule has 0 bridgehead atoms. The summed E-state index contributed by atoms with van der Waals surface area (Å²) < 4.78 is 15.3. The first-order valence-electron chi connectivity index (χ1n) is 5.63. The van der Waals surface area contributed by atoms with E-state index < -0.39 is 42.9 Å². The second kappa shape index (κ2) is 5.76. The molecule has 0 aliphatic carbocycles. The SMILES string of the molecule is OC[C@H]1O[CH][C@@H](O)[C@@H]1O[C@@H]1OC[C@@H](O)[C@@H](O)[C@@H]1O. The summed E-state index contributed by atoms with van der Waals surface area (Å²) in [4.78, 5) is 0. The van der Waals surface area contributed by atoms with Gasteiger partial charge < -0.3 is 39.7 Å². The average Bonchev–Trinajstić information content (AvgIpc) is 2.71. The lowest BCUT2D eigenvalue weighted by atomic mass is 10.1. The number of hydrogen-bond acceptors (Lipinski definition) is 8. The quantitative estimate of drug-likeness (QED) is 0.359. The van der Waals surface area contributed by atoms with Crippen LogP contribution in [-0.2, 0) is 14.2 Å². The van der Waals surface area contributed by atoms with Crippen LogP contribution >= 0.6 is 0 Å². The van der Waals surface area contributed by atoms with Gasteiger partial charge in [0.05, 0.1) is 13.2 Å². The summed E-state index contributed by atoms with van der Waals surface area (Å²) in [6.07, 6.45) is -7.96. The van der Waals surface area contributed by atoms with Gasteiger partial charge in [0.25, 0.3) is 0 Å². The molecule has 0 saturated carbocycles. The third kappa shape index (κ3) is 2.65. The number of aliphatic hydroxyl groups excluding tert-OH is 5. The van der Waals surface area contributed by atoms with E-state index in [2.05, 4.69) is 0 Å². The molecule has 18 heavy (non-hydrogen) atoms. The molecule has 0 aromatic heterocycles. The summed E-state index contributed by atoms with van der Waals surface area (Å²) in [7, 11) is 0. The van der Waals surface area contributed by atoms with E-state index in [0.717, 1.165) is 6.61 Å². The van der Waals surface area contributed by atoms with Crippen LogP contribution in [-0.4, -0.2) is 81.7 Å². The summed E-state index contributed by atoms with van der Waals surface area (Å²) in [5.41, 5.74) is 0. The lowest BCUT2D eigenvalue weighted by molar-refractivity contribution is -0.291. The van der Waals surface area contributed by atoms with Gasteiger partial charge in [0, 0.05) is 0 Å². The lowest BCUT2D eigenvalue weighted by Crippen LogP contribution is -2.55. The Bertz CT molecular complexity index is 275. The Kier molecular flexibility index (Phi) is 4.51. The zero-order valence-corrected chi connectivity index (χ0v) is 9.49. The van der Waals surface area contributed by atoms with Gasteiger partial charge in [0.15, 0.2) is 6.29 Å². The van der Waals surface area contributed by atoms with Gasteiger partial charge in [0.2, 0.25) is 0 Å². The zero-order valence-electron chi connectivity index (χ0n) is 9.49. The highest BCUT2D eigenvalue weighted by atomic mass is 16.7. The molecule has 1 radical (unpaired) electrons. The molecule has 105 valence electrons. The molecule has 0 spiro atoms. The molecule has 2 heterocycles. The maximum absolute atomic E-state index is 9.66. The normalized spacial score (nSPS) is 49.5. The van der Waals surface area contributed by atoms with Gasteiger partial charge >= 0.3 is 0 Å². The molecule has 0 amide bonds. The van der Waals surface area contributed by atoms with E-state index in [9.17, 15) is 20.4 Å². The van der Waals surface area contributed by atoms with Crippen molar-refractivity contribution in [2.75, 3.05) is 13.2 Å². The second-order valence-electron chi connectivity index (χ2n) is 4.33. The zero-order chi connectivity index (χ0) is 13.3. The van der Waals surface area contributed by atoms with E-state index in [1.807, 2.05) is 0 Å². The first kappa shape index (κ1) is 14.1. The van der Waals surface area contributed by atoms with E-state index in [1.165, 1.54) is 0 Å². The van der Waals surface area contributed by atoms with Crippen molar-refractivity contribution < 1.29 is 39.7 Å². The Labute approximate surface area is 103 Å². The fraction of sp³-hybridized carbons (Fsp3) is 0.900. The molecule has 0 aromatic rings. The molecule has 2 rings (SSSR count). The fourth-order valence-electron chi connectivity index (χ4n) is 1.93. The highest BCUT2D eigenvalue weighted by molar-refractivity contribution is 4.93. The number of ether oxygens (including phenoxy) is 3. The van der Waals surface area contributed by atoms with Gasteiger partial charge in [-0.05, 0) is 0 Å². The van der Waals surface area contributed by atoms with Crippen LogP contribution in [0.4, 0.5) is 0 Å². The Balaban J connectivity index is 1.96. The Morgan fingerprint density at radius 3 is 2.56 bits per heavy atom. The summed E-state index contributed by atoms with van der Waals surface area (Å²) in [6.45, 7) is 0.554. The van der Waals surface area contributed by atoms with Gasteiger partial charge in [-0.2, -0.15) is 0 Å². The van der Waals surface area contributed by atoms with Crippen molar-refractivity contribution in [3.05, 3.63) is 6.61 Å². The second-order valence-corrected chi connectivity index (χ2v) is 4.33. The Hall–Kier alpha value is -0.320. The lowest BCUT2D eigenvalue weighted by Gasteiger charge is -2.37. The van der Waals surface area contributed by atoms with Crippen molar-refractivity contribution in [2.45, 2.75) is 42.9 Å². The van der Waals surface area contributed by atoms with Gasteiger partial charge in [-0.25, -0.2) is 0 Å². The highest BCUT2D eigenvalue weighted by Gasteiger charge is 2.44. The molecule has 2 aliphatic heterocycles. The maximum Gasteiger partial charge on any atom is 0.186 e. The molecule has 7 atom stereocenters. The molecule has 8 nitrogen and oxygen atoms in total. The number of aliphatic hydroxyl groups is 5. The topological polar surface area (TPSA) is 129 Å². The largest absolute Gasteiger partial charge is 0.394 e. The molecule has 8 heteroatoms. The van der Waals surface area contributed by atoms with Crippen LogP contribution < -0.4 is 0 Å². The predicted molar refractivity (Wildman–Crippen MR) is 54.9 cm³/mol.